The summed E-state index contributed by atoms with van der Waals surface area (Å²) in [5.74, 6) is 0. The van der Waals surface area contributed by atoms with Gasteiger partial charge in [0.2, 0.25) is 0 Å². The minimum Gasteiger partial charge on any atom is -0.398 e. The van der Waals surface area contributed by atoms with Crippen LogP contribution in [-0.2, 0) is 6.54 Å². The van der Waals surface area contributed by atoms with E-state index in [1.165, 1.54) is 0 Å². The smallest absolute Gasteiger partial charge is 0.103 e. The van der Waals surface area contributed by atoms with E-state index >= 15 is 0 Å². The first-order valence-corrected chi connectivity index (χ1v) is 3.94. The lowest BCUT2D eigenvalue weighted by Crippen LogP contribution is -2.47. The van der Waals surface area contributed by atoms with Crippen LogP contribution >= 0.6 is 23.2 Å². The molecule has 0 fully saturated rings. The molecule has 60 valence electrons. The summed E-state index contributed by atoms with van der Waals surface area (Å²) in [6.07, 6.45) is 0. The maximum atomic E-state index is 5.85. The summed E-state index contributed by atoms with van der Waals surface area (Å²) in [5.41, 5.74) is 10.8. The van der Waals surface area contributed by atoms with E-state index in [4.69, 9.17) is 28.9 Å². The predicted octanol–water partition coefficient (Wildman–Crippen LogP) is 1.32. The minimum absolute atomic E-state index is 0.515. The zero-order chi connectivity index (χ0) is 8.43. The van der Waals surface area contributed by atoms with Crippen LogP contribution in [0.15, 0.2) is 12.1 Å². The molecule has 0 bridgehead atoms. The van der Waals surface area contributed by atoms with Gasteiger partial charge < -0.3 is 11.5 Å². The third kappa shape index (κ3) is 1.59. The molecule has 0 heterocycles. The zero-order valence-corrected chi connectivity index (χ0v) is 7.41. The highest BCUT2D eigenvalue weighted by Crippen LogP contribution is 2.28. The van der Waals surface area contributed by atoms with Crippen molar-refractivity contribution in [1.82, 2.24) is 0 Å². The lowest BCUT2D eigenvalue weighted by atomic mass is 10.2. The van der Waals surface area contributed by atoms with Crippen LogP contribution in [0.4, 0.5) is 5.69 Å². The maximum Gasteiger partial charge on any atom is 0.103 e. The second-order valence-electron chi connectivity index (χ2n) is 2.18. The number of quaternary nitrogens is 1. The van der Waals surface area contributed by atoms with Gasteiger partial charge >= 0.3 is 0 Å². The topological polar surface area (TPSA) is 53.7 Å². The molecule has 0 unspecified atom stereocenters. The molecular formula is C7H9Cl2N2+. The van der Waals surface area contributed by atoms with Crippen molar-refractivity contribution in [1.29, 1.82) is 0 Å². The summed E-state index contributed by atoms with van der Waals surface area (Å²) in [6.45, 7) is 0.561. The normalized spacial score (nSPS) is 10.1. The first-order valence-electron chi connectivity index (χ1n) is 3.18. The van der Waals surface area contributed by atoms with Crippen LogP contribution in [0, 0.1) is 0 Å². The fourth-order valence-electron chi connectivity index (χ4n) is 0.862. The van der Waals surface area contributed by atoms with E-state index in [0.29, 0.717) is 22.3 Å². The summed E-state index contributed by atoms with van der Waals surface area (Å²) >= 11 is 11.6. The van der Waals surface area contributed by atoms with Crippen LogP contribution in [-0.4, -0.2) is 0 Å². The standard InChI is InChI=1S/C7H8Cl2N2/c8-5-1-2-6(11)4(3-10)7(5)9/h1-2H,3,10-11H2/p+1. The SMILES string of the molecule is Nc1ccc(Cl)c(Cl)c1C[NH3+]. The fourth-order valence-corrected chi connectivity index (χ4v) is 1.31. The number of rotatable bonds is 1. The number of halogens is 2. The third-order valence-electron chi connectivity index (χ3n) is 1.48. The molecule has 0 aromatic heterocycles. The Morgan fingerprint density at radius 3 is 2.45 bits per heavy atom. The molecule has 0 atom stereocenters. The van der Waals surface area contributed by atoms with Crippen molar-refractivity contribution in [2.45, 2.75) is 6.54 Å². The second kappa shape index (κ2) is 3.30. The Hall–Kier alpha value is -0.440. The van der Waals surface area contributed by atoms with Crippen molar-refractivity contribution < 1.29 is 5.73 Å². The molecule has 5 N–H and O–H groups in total. The summed E-state index contributed by atoms with van der Waals surface area (Å²) < 4.78 is 0. The van der Waals surface area contributed by atoms with E-state index in [1.807, 2.05) is 0 Å². The van der Waals surface area contributed by atoms with Gasteiger partial charge in [-0.2, -0.15) is 0 Å². The lowest BCUT2D eigenvalue weighted by molar-refractivity contribution is -0.386. The summed E-state index contributed by atoms with van der Waals surface area (Å²) in [4.78, 5) is 0. The van der Waals surface area contributed by atoms with Gasteiger partial charge in [0, 0.05) is 11.3 Å². The molecule has 0 spiro atoms. The highest BCUT2D eigenvalue weighted by atomic mass is 35.5. The Balaban J connectivity index is 3.29. The molecule has 0 aliphatic carbocycles. The fraction of sp³-hybridized carbons (Fsp3) is 0.143. The van der Waals surface area contributed by atoms with Gasteiger partial charge in [-0.25, -0.2) is 0 Å². The summed E-state index contributed by atoms with van der Waals surface area (Å²) in [7, 11) is 0. The molecule has 1 aromatic rings. The molecule has 0 aliphatic rings. The monoisotopic (exact) mass is 191 g/mol. The molecule has 0 amide bonds. The van der Waals surface area contributed by atoms with Crippen LogP contribution in [0.1, 0.15) is 5.56 Å². The van der Waals surface area contributed by atoms with E-state index in [-0.39, 0.29) is 0 Å². The third-order valence-corrected chi connectivity index (χ3v) is 2.33. The van der Waals surface area contributed by atoms with Crippen molar-refractivity contribution in [2.24, 2.45) is 0 Å². The van der Waals surface area contributed by atoms with E-state index in [2.05, 4.69) is 5.73 Å². The zero-order valence-electron chi connectivity index (χ0n) is 5.90. The van der Waals surface area contributed by atoms with Gasteiger partial charge in [0.25, 0.3) is 0 Å². The average Bonchev–Trinajstić information content (AvgIpc) is 1.99. The number of nitrogen functional groups attached to an aromatic ring is 1. The van der Waals surface area contributed by atoms with Gasteiger partial charge in [-0.05, 0) is 12.1 Å². The lowest BCUT2D eigenvalue weighted by Gasteiger charge is -2.04. The van der Waals surface area contributed by atoms with E-state index < -0.39 is 0 Å². The Morgan fingerprint density at radius 2 is 2.00 bits per heavy atom. The quantitative estimate of drug-likeness (QED) is 0.647. The second-order valence-corrected chi connectivity index (χ2v) is 2.96. The van der Waals surface area contributed by atoms with Gasteiger partial charge in [-0.1, -0.05) is 23.2 Å². The molecule has 4 heteroatoms. The van der Waals surface area contributed by atoms with Gasteiger partial charge in [-0.15, -0.1) is 0 Å². The van der Waals surface area contributed by atoms with Gasteiger partial charge in [0.1, 0.15) is 6.54 Å². The molecule has 0 saturated carbocycles. The first-order chi connectivity index (χ1) is 5.16. The van der Waals surface area contributed by atoms with Gasteiger partial charge in [0.05, 0.1) is 10.0 Å². The summed E-state index contributed by atoms with van der Waals surface area (Å²) in [5, 5.41) is 1.04. The van der Waals surface area contributed by atoms with Crippen LogP contribution in [0.3, 0.4) is 0 Å². The highest BCUT2D eigenvalue weighted by molar-refractivity contribution is 6.42. The van der Waals surface area contributed by atoms with Crippen LogP contribution < -0.4 is 11.5 Å². The Kier molecular flexibility index (Phi) is 2.60. The van der Waals surface area contributed by atoms with Gasteiger partial charge in [-0.3, -0.25) is 0 Å². The molecule has 2 nitrogen and oxygen atoms in total. The molecular weight excluding hydrogens is 183 g/mol. The van der Waals surface area contributed by atoms with Gasteiger partial charge in [0.15, 0.2) is 0 Å². The summed E-state index contributed by atoms with van der Waals surface area (Å²) in [6, 6.07) is 3.41. The average molecular weight is 192 g/mol. The molecule has 0 saturated heterocycles. The highest BCUT2D eigenvalue weighted by Gasteiger charge is 2.07. The number of benzene rings is 1. The molecule has 1 aromatic carbocycles. The molecule has 0 aliphatic heterocycles. The minimum atomic E-state index is 0.515. The number of hydrogen-bond acceptors (Lipinski definition) is 1. The van der Waals surface area contributed by atoms with Crippen LogP contribution in [0.5, 0.6) is 0 Å². The van der Waals surface area contributed by atoms with Crippen molar-refractivity contribution in [3.05, 3.63) is 27.7 Å². The van der Waals surface area contributed by atoms with E-state index in [9.17, 15) is 0 Å². The number of anilines is 1. The molecule has 1 rings (SSSR count). The molecule has 0 radical (unpaired) electrons. The van der Waals surface area contributed by atoms with Crippen molar-refractivity contribution in [3.63, 3.8) is 0 Å². The number of hydrogen-bond donors (Lipinski definition) is 2. The van der Waals surface area contributed by atoms with Crippen LogP contribution in [0.25, 0.3) is 0 Å². The van der Waals surface area contributed by atoms with Crippen LogP contribution in [0.2, 0.25) is 10.0 Å². The first kappa shape index (κ1) is 8.65. The molecule has 11 heavy (non-hydrogen) atoms. The maximum absolute atomic E-state index is 5.85. The van der Waals surface area contributed by atoms with E-state index in [0.717, 1.165) is 5.56 Å². The Bertz CT molecular complexity index is 273. The largest absolute Gasteiger partial charge is 0.398 e. The van der Waals surface area contributed by atoms with Crippen molar-refractivity contribution >= 4 is 28.9 Å². The predicted molar refractivity (Wildman–Crippen MR) is 47.5 cm³/mol. The van der Waals surface area contributed by atoms with Crippen molar-refractivity contribution in [3.8, 4) is 0 Å². The van der Waals surface area contributed by atoms with Crippen molar-refractivity contribution in [2.75, 3.05) is 5.73 Å². The number of nitrogens with two attached hydrogens (primary N) is 1. The Labute approximate surface area is 75.1 Å². The Morgan fingerprint density at radius 1 is 1.36 bits per heavy atom. The van der Waals surface area contributed by atoms with E-state index in [1.54, 1.807) is 12.1 Å².